The molecule has 0 spiro atoms. The van der Waals surface area contributed by atoms with Crippen LogP contribution in [0.4, 0.5) is 0 Å². The Bertz CT molecular complexity index is 163. The second-order valence-corrected chi connectivity index (χ2v) is 3.31. The van der Waals surface area contributed by atoms with Crippen LogP contribution in [0.1, 0.15) is 33.1 Å². The predicted molar refractivity (Wildman–Crippen MR) is 51.4 cm³/mol. The third kappa shape index (κ3) is 5.16. The quantitative estimate of drug-likeness (QED) is 0.247. The summed E-state index contributed by atoms with van der Waals surface area (Å²) in [5.74, 6) is -1.60. The van der Waals surface area contributed by atoms with E-state index in [0.29, 0.717) is 6.54 Å². The van der Waals surface area contributed by atoms with E-state index in [2.05, 4.69) is 17.1 Å². The minimum absolute atomic E-state index is 0.651. The lowest BCUT2D eigenvalue weighted by Crippen LogP contribution is -2.39. The summed E-state index contributed by atoms with van der Waals surface area (Å²) >= 11 is 0. The van der Waals surface area contributed by atoms with Gasteiger partial charge in [0.2, 0.25) is 0 Å². The van der Waals surface area contributed by atoms with Crippen molar-refractivity contribution < 1.29 is 20.0 Å². The lowest BCUT2D eigenvalue weighted by Gasteiger charge is -2.16. The van der Waals surface area contributed by atoms with Gasteiger partial charge in [0.15, 0.2) is 0 Å². The lowest BCUT2D eigenvalue weighted by atomic mass is 10.1. The van der Waals surface area contributed by atoms with E-state index in [1.807, 2.05) is 0 Å². The maximum Gasteiger partial charge on any atom is 0.348 e. The fourth-order valence-corrected chi connectivity index (χ4v) is 1.01. The number of nitrogens with one attached hydrogen (secondary N) is 1. The third-order valence-electron chi connectivity index (χ3n) is 2.07. The Hall–Kier alpha value is -0.650. The smallest absolute Gasteiger partial charge is 0.348 e. The Balaban J connectivity index is 3.61. The molecule has 0 aliphatic rings. The first-order valence-corrected chi connectivity index (χ1v) is 4.90. The normalized spacial score (nSPS) is 14.9. The molecule has 14 heavy (non-hydrogen) atoms. The Labute approximate surface area is 84.0 Å². The molecule has 0 rings (SSSR count). The van der Waals surface area contributed by atoms with Crippen molar-refractivity contribution in [3.63, 3.8) is 0 Å². The highest BCUT2D eigenvalue weighted by atomic mass is 17.1. The van der Waals surface area contributed by atoms with E-state index >= 15 is 0 Å². The van der Waals surface area contributed by atoms with Gasteiger partial charge in [-0.25, -0.2) is 4.79 Å². The van der Waals surface area contributed by atoms with Crippen LogP contribution < -0.4 is 5.32 Å². The molecule has 0 saturated heterocycles. The van der Waals surface area contributed by atoms with Gasteiger partial charge in [-0.15, -0.1) is 0 Å². The molecule has 0 aromatic heterocycles. The molecule has 0 aliphatic carbocycles. The summed E-state index contributed by atoms with van der Waals surface area (Å²) in [5.41, 5.74) is 0. The summed E-state index contributed by atoms with van der Waals surface area (Å²) in [6.45, 7) is 4.22. The van der Waals surface area contributed by atoms with Crippen molar-refractivity contribution in [3.8, 4) is 0 Å². The number of rotatable bonds is 7. The van der Waals surface area contributed by atoms with Crippen molar-refractivity contribution in [2.75, 3.05) is 6.54 Å². The van der Waals surface area contributed by atoms with Gasteiger partial charge in [-0.1, -0.05) is 19.8 Å². The Morgan fingerprint density at radius 2 is 2.14 bits per heavy atom. The van der Waals surface area contributed by atoms with E-state index in [9.17, 15) is 9.90 Å². The van der Waals surface area contributed by atoms with E-state index in [-0.39, 0.29) is 0 Å². The van der Waals surface area contributed by atoms with Crippen LogP contribution >= 0.6 is 0 Å². The zero-order chi connectivity index (χ0) is 11.0. The number of hydrogen-bond donors (Lipinski definition) is 3. The zero-order valence-electron chi connectivity index (χ0n) is 8.69. The maximum absolute atomic E-state index is 10.8. The van der Waals surface area contributed by atoms with E-state index in [4.69, 9.17) is 5.26 Å². The molecule has 2 unspecified atom stereocenters. The molecule has 2 atom stereocenters. The number of aliphatic hydroxyl groups excluding tert-OH is 1. The molecule has 0 aliphatic heterocycles. The van der Waals surface area contributed by atoms with Crippen molar-refractivity contribution in [3.05, 3.63) is 0 Å². The van der Waals surface area contributed by atoms with Gasteiger partial charge in [0, 0.05) is 0 Å². The standard InChI is InChI=1S/C9H19NO4/c1-3-4-5-6-10-8(11)7(2)9(12)14-13/h7-8,10-11,13H,3-6H2,1-2H3. The predicted octanol–water partition coefficient (Wildman–Crippen LogP) is 0.737. The summed E-state index contributed by atoms with van der Waals surface area (Å²) in [6, 6.07) is 0. The van der Waals surface area contributed by atoms with Crippen LogP contribution in [0.5, 0.6) is 0 Å². The first-order valence-electron chi connectivity index (χ1n) is 4.90. The van der Waals surface area contributed by atoms with Crippen LogP contribution in [0.3, 0.4) is 0 Å². The molecule has 0 saturated carbocycles. The largest absolute Gasteiger partial charge is 0.378 e. The van der Waals surface area contributed by atoms with Crippen molar-refractivity contribution in [1.82, 2.24) is 5.32 Å². The van der Waals surface area contributed by atoms with Gasteiger partial charge in [0.1, 0.15) is 6.23 Å². The van der Waals surface area contributed by atoms with E-state index in [1.54, 1.807) is 0 Å². The number of carbonyl (C=O) groups is 1. The van der Waals surface area contributed by atoms with Crippen LogP contribution in [-0.2, 0) is 9.68 Å². The minimum atomic E-state index is -0.966. The first kappa shape index (κ1) is 13.4. The summed E-state index contributed by atoms with van der Waals surface area (Å²) in [4.78, 5) is 14.3. The van der Waals surface area contributed by atoms with Gasteiger partial charge >= 0.3 is 5.97 Å². The molecule has 0 heterocycles. The highest BCUT2D eigenvalue weighted by molar-refractivity contribution is 5.71. The average molecular weight is 205 g/mol. The first-order chi connectivity index (χ1) is 6.63. The molecular weight excluding hydrogens is 186 g/mol. The van der Waals surface area contributed by atoms with Gasteiger partial charge in [-0.05, 0) is 19.9 Å². The number of aliphatic hydroxyl groups is 1. The molecule has 0 amide bonds. The van der Waals surface area contributed by atoms with Crippen LogP contribution in [0.25, 0.3) is 0 Å². The van der Waals surface area contributed by atoms with Crippen molar-refractivity contribution in [1.29, 1.82) is 0 Å². The summed E-state index contributed by atoms with van der Waals surface area (Å²) in [6.07, 6.45) is 2.17. The summed E-state index contributed by atoms with van der Waals surface area (Å²) < 4.78 is 0. The van der Waals surface area contributed by atoms with E-state index < -0.39 is 18.1 Å². The minimum Gasteiger partial charge on any atom is -0.378 e. The van der Waals surface area contributed by atoms with E-state index in [0.717, 1.165) is 19.3 Å². The zero-order valence-corrected chi connectivity index (χ0v) is 8.69. The van der Waals surface area contributed by atoms with Crippen LogP contribution in [0, 0.1) is 5.92 Å². The Morgan fingerprint density at radius 3 is 2.64 bits per heavy atom. The van der Waals surface area contributed by atoms with Gasteiger partial charge in [-0.2, -0.15) is 5.26 Å². The molecular formula is C9H19NO4. The third-order valence-corrected chi connectivity index (χ3v) is 2.07. The van der Waals surface area contributed by atoms with Crippen LogP contribution in [-0.4, -0.2) is 29.1 Å². The molecule has 0 aromatic rings. The van der Waals surface area contributed by atoms with Crippen molar-refractivity contribution >= 4 is 5.97 Å². The summed E-state index contributed by atoms with van der Waals surface area (Å²) in [7, 11) is 0. The monoisotopic (exact) mass is 205 g/mol. The Morgan fingerprint density at radius 1 is 1.50 bits per heavy atom. The Kier molecular flexibility index (Phi) is 7.37. The number of hydrogen-bond acceptors (Lipinski definition) is 5. The van der Waals surface area contributed by atoms with Crippen molar-refractivity contribution in [2.24, 2.45) is 5.92 Å². The fourth-order valence-electron chi connectivity index (χ4n) is 1.01. The van der Waals surface area contributed by atoms with Gasteiger partial charge in [0.25, 0.3) is 0 Å². The van der Waals surface area contributed by atoms with Crippen LogP contribution in [0.2, 0.25) is 0 Å². The second kappa shape index (κ2) is 7.73. The number of carbonyl (C=O) groups excluding carboxylic acids is 1. The topological polar surface area (TPSA) is 78.8 Å². The summed E-state index contributed by atoms with van der Waals surface area (Å²) in [5, 5.41) is 20.2. The molecule has 5 heteroatoms. The SMILES string of the molecule is CCCCCNC(O)C(C)C(=O)OO. The molecule has 84 valence electrons. The van der Waals surface area contributed by atoms with Gasteiger partial charge < -0.3 is 9.99 Å². The fraction of sp³-hybridized carbons (Fsp3) is 0.889. The molecule has 0 radical (unpaired) electrons. The average Bonchev–Trinajstić information content (AvgIpc) is 2.21. The number of unbranched alkanes of at least 4 members (excludes halogenated alkanes) is 2. The van der Waals surface area contributed by atoms with E-state index in [1.165, 1.54) is 6.92 Å². The molecule has 0 bridgehead atoms. The van der Waals surface area contributed by atoms with Gasteiger partial charge in [-0.3, -0.25) is 5.32 Å². The lowest BCUT2D eigenvalue weighted by molar-refractivity contribution is -0.241. The van der Waals surface area contributed by atoms with Crippen LogP contribution in [0.15, 0.2) is 0 Å². The molecule has 5 nitrogen and oxygen atoms in total. The highest BCUT2D eigenvalue weighted by Crippen LogP contribution is 2.02. The molecule has 0 fully saturated rings. The van der Waals surface area contributed by atoms with Gasteiger partial charge in [0.05, 0.1) is 5.92 Å². The highest BCUT2D eigenvalue weighted by Gasteiger charge is 2.22. The van der Waals surface area contributed by atoms with Crippen molar-refractivity contribution in [2.45, 2.75) is 39.3 Å². The second-order valence-electron chi connectivity index (χ2n) is 3.31. The molecule has 3 N–H and O–H groups in total. The molecule has 0 aromatic carbocycles. The maximum atomic E-state index is 10.8.